The van der Waals surface area contributed by atoms with Crippen LogP contribution in [0.15, 0.2) is 30.6 Å². The van der Waals surface area contributed by atoms with Gasteiger partial charge in [0.25, 0.3) is 0 Å². The number of fused-ring (bicyclic) bond motifs is 1. The van der Waals surface area contributed by atoms with Crippen molar-refractivity contribution in [1.82, 2.24) is 14.4 Å². The molecule has 0 saturated heterocycles. The molecule has 2 atom stereocenters. The van der Waals surface area contributed by atoms with E-state index in [4.69, 9.17) is 10.8 Å². The number of carbonyl (C=O) groups is 1. The number of halogens is 6. The van der Waals surface area contributed by atoms with Crippen LogP contribution in [0.1, 0.15) is 23.7 Å². The maximum absolute atomic E-state index is 13.8. The summed E-state index contributed by atoms with van der Waals surface area (Å²) in [5.74, 6) is -4.72. The number of nitrogens with two attached hydrogens (primary N) is 1. The molecule has 0 aliphatic rings. The lowest BCUT2D eigenvalue weighted by atomic mass is 9.80. The number of benzene rings is 1. The van der Waals surface area contributed by atoms with E-state index in [2.05, 4.69) is 9.97 Å². The van der Waals surface area contributed by atoms with Crippen LogP contribution in [0.3, 0.4) is 0 Å². The smallest absolute Gasteiger partial charge is 0.434 e. The molecule has 0 aliphatic carbocycles. The average Bonchev–Trinajstić information content (AvgIpc) is 3.10. The Kier molecular flexibility index (Phi) is 5.36. The Labute approximate surface area is 176 Å². The summed E-state index contributed by atoms with van der Waals surface area (Å²) in [6.07, 6.45) is -8.54. The fourth-order valence-corrected chi connectivity index (χ4v) is 3.32. The minimum Gasteiger partial charge on any atom is -0.481 e. The molecule has 4 N–H and O–H groups in total. The summed E-state index contributed by atoms with van der Waals surface area (Å²) in [6, 6.07) is 2.96. The number of imidazole rings is 1. The average molecular weight is 462 g/mol. The third kappa shape index (κ3) is 3.61. The minimum atomic E-state index is -5.37. The van der Waals surface area contributed by atoms with Crippen LogP contribution in [0.5, 0.6) is 0 Å². The van der Waals surface area contributed by atoms with E-state index < -0.39 is 46.9 Å². The zero-order valence-electron chi connectivity index (χ0n) is 16.5. The Bertz CT molecular complexity index is 1200. The van der Waals surface area contributed by atoms with Crippen molar-refractivity contribution < 1.29 is 41.4 Å². The molecule has 0 spiro atoms. The summed E-state index contributed by atoms with van der Waals surface area (Å²) in [4.78, 5) is 18.4. The number of carboxylic acid groups (broad SMARTS) is 1. The van der Waals surface area contributed by atoms with Gasteiger partial charge in [0.15, 0.2) is 22.8 Å². The van der Waals surface area contributed by atoms with E-state index in [0.29, 0.717) is 18.7 Å². The highest BCUT2D eigenvalue weighted by Crippen LogP contribution is 2.46. The highest BCUT2D eigenvalue weighted by molar-refractivity contribution is 5.74. The molecule has 7 nitrogen and oxygen atoms in total. The summed E-state index contributed by atoms with van der Waals surface area (Å²) < 4.78 is 81.8. The van der Waals surface area contributed by atoms with E-state index in [9.17, 15) is 36.2 Å². The number of hydrogen-bond donors (Lipinski definition) is 3. The van der Waals surface area contributed by atoms with Crippen molar-refractivity contribution in [3.8, 4) is 11.3 Å². The second-order valence-electron chi connectivity index (χ2n) is 7.20. The number of anilines is 1. The van der Waals surface area contributed by atoms with Gasteiger partial charge in [-0.15, -0.1) is 0 Å². The number of aromatic nitrogens is 3. The SMILES string of the molecule is Cc1ccc(C(O)(C(C)C(=O)O)C(F)(F)F)cc1-c1cnc2c(N)nc(C(F)(F)F)cn12. The van der Waals surface area contributed by atoms with E-state index >= 15 is 0 Å². The molecule has 2 aromatic heterocycles. The van der Waals surface area contributed by atoms with Crippen LogP contribution < -0.4 is 5.73 Å². The second-order valence-corrected chi connectivity index (χ2v) is 7.20. The first-order valence-electron chi connectivity index (χ1n) is 8.93. The van der Waals surface area contributed by atoms with Crippen LogP contribution in [0.25, 0.3) is 16.9 Å². The number of aliphatic carboxylic acids is 1. The molecular formula is C19H16F6N4O3. The number of rotatable bonds is 4. The van der Waals surface area contributed by atoms with Gasteiger partial charge in [-0.3, -0.25) is 9.20 Å². The lowest BCUT2D eigenvalue weighted by Gasteiger charge is -2.34. The van der Waals surface area contributed by atoms with Crippen molar-refractivity contribution in [3.63, 3.8) is 0 Å². The minimum absolute atomic E-state index is 0.0195. The lowest BCUT2D eigenvalue weighted by molar-refractivity contribution is -0.284. The predicted molar refractivity (Wildman–Crippen MR) is 99.3 cm³/mol. The molecular weight excluding hydrogens is 446 g/mol. The fourth-order valence-electron chi connectivity index (χ4n) is 3.32. The molecule has 0 radical (unpaired) electrons. The van der Waals surface area contributed by atoms with Gasteiger partial charge in [-0.2, -0.15) is 26.3 Å². The number of aliphatic hydroxyl groups is 1. The normalized spacial score (nSPS) is 15.5. The summed E-state index contributed by atoms with van der Waals surface area (Å²) >= 11 is 0. The number of aryl methyl sites for hydroxylation is 1. The van der Waals surface area contributed by atoms with Gasteiger partial charge in [-0.05, 0) is 31.0 Å². The standard InChI is InChI=1S/C19H16F6N4O3/c1-8-3-4-10(17(32,19(23,24)25)9(2)16(30)31)5-11(8)12-6-27-15-14(26)28-13(7-29(12)15)18(20,21)22/h3-7,9,32H,1-2H3,(H2,26,28)(H,30,31). The number of nitrogens with zero attached hydrogens (tertiary/aromatic N) is 3. The van der Waals surface area contributed by atoms with Crippen molar-refractivity contribution in [1.29, 1.82) is 0 Å². The molecule has 0 bridgehead atoms. The molecule has 32 heavy (non-hydrogen) atoms. The quantitative estimate of drug-likeness (QED) is 0.509. The van der Waals surface area contributed by atoms with Gasteiger partial charge in [0.05, 0.1) is 17.8 Å². The summed E-state index contributed by atoms with van der Waals surface area (Å²) in [5.41, 5.74) is -0.265. The highest BCUT2D eigenvalue weighted by Gasteiger charge is 2.60. The van der Waals surface area contributed by atoms with Gasteiger partial charge in [-0.25, -0.2) is 9.97 Å². The largest absolute Gasteiger partial charge is 0.481 e. The third-order valence-corrected chi connectivity index (χ3v) is 5.19. The zero-order valence-corrected chi connectivity index (χ0v) is 16.5. The van der Waals surface area contributed by atoms with E-state index in [0.717, 1.165) is 22.7 Å². The van der Waals surface area contributed by atoms with Crippen LogP contribution in [-0.4, -0.2) is 36.7 Å². The molecule has 0 saturated carbocycles. The van der Waals surface area contributed by atoms with Gasteiger partial charge in [-0.1, -0.05) is 12.1 Å². The monoisotopic (exact) mass is 462 g/mol. The summed E-state index contributed by atoms with van der Waals surface area (Å²) in [7, 11) is 0. The van der Waals surface area contributed by atoms with Gasteiger partial charge < -0.3 is 15.9 Å². The molecule has 0 amide bonds. The zero-order chi connectivity index (χ0) is 24.2. The van der Waals surface area contributed by atoms with Crippen molar-refractivity contribution in [2.24, 2.45) is 5.92 Å². The Morgan fingerprint density at radius 2 is 1.81 bits per heavy atom. The summed E-state index contributed by atoms with van der Waals surface area (Å²) in [5, 5.41) is 19.6. The first-order chi connectivity index (χ1) is 14.6. The Morgan fingerprint density at radius 3 is 2.34 bits per heavy atom. The maximum atomic E-state index is 13.8. The number of carboxylic acids is 1. The molecule has 3 aromatic rings. The van der Waals surface area contributed by atoms with E-state index in [1.54, 1.807) is 0 Å². The van der Waals surface area contributed by atoms with E-state index in [1.165, 1.54) is 13.0 Å². The number of alkyl halides is 6. The van der Waals surface area contributed by atoms with Crippen LogP contribution in [0, 0.1) is 12.8 Å². The second kappa shape index (κ2) is 7.36. The van der Waals surface area contributed by atoms with Crippen molar-refractivity contribution in [3.05, 3.63) is 47.4 Å². The van der Waals surface area contributed by atoms with E-state index in [-0.39, 0.29) is 16.9 Å². The molecule has 0 aliphatic heterocycles. The Hall–Kier alpha value is -3.35. The van der Waals surface area contributed by atoms with Crippen molar-refractivity contribution >= 4 is 17.4 Å². The predicted octanol–water partition coefficient (Wildman–Crippen LogP) is 3.78. The molecule has 2 heterocycles. The van der Waals surface area contributed by atoms with Gasteiger partial charge in [0.1, 0.15) is 0 Å². The number of nitrogen functional groups attached to an aromatic ring is 1. The van der Waals surface area contributed by atoms with Crippen LogP contribution >= 0.6 is 0 Å². The molecule has 3 rings (SSSR count). The van der Waals surface area contributed by atoms with Gasteiger partial charge in [0.2, 0.25) is 0 Å². The molecule has 13 heteroatoms. The van der Waals surface area contributed by atoms with Gasteiger partial charge in [0, 0.05) is 11.8 Å². The fraction of sp³-hybridized carbons (Fsp3) is 0.316. The first-order valence-corrected chi connectivity index (χ1v) is 8.93. The molecule has 2 unspecified atom stereocenters. The maximum Gasteiger partial charge on any atom is 0.434 e. The Morgan fingerprint density at radius 1 is 1.19 bits per heavy atom. The lowest BCUT2D eigenvalue weighted by Crippen LogP contribution is -2.50. The topological polar surface area (TPSA) is 114 Å². The third-order valence-electron chi connectivity index (χ3n) is 5.19. The van der Waals surface area contributed by atoms with Crippen molar-refractivity contribution in [2.45, 2.75) is 31.8 Å². The molecule has 0 fully saturated rings. The molecule has 172 valence electrons. The highest BCUT2D eigenvalue weighted by atomic mass is 19.4. The first kappa shape index (κ1) is 23.3. The molecule has 1 aromatic carbocycles. The van der Waals surface area contributed by atoms with Crippen LogP contribution in [-0.2, 0) is 16.6 Å². The number of hydrogen-bond acceptors (Lipinski definition) is 5. The van der Waals surface area contributed by atoms with Crippen LogP contribution in [0.2, 0.25) is 0 Å². The van der Waals surface area contributed by atoms with E-state index in [1.807, 2.05) is 0 Å². The van der Waals surface area contributed by atoms with Gasteiger partial charge >= 0.3 is 18.3 Å². The van der Waals surface area contributed by atoms with Crippen molar-refractivity contribution in [2.75, 3.05) is 5.73 Å². The summed E-state index contributed by atoms with van der Waals surface area (Å²) in [6.45, 7) is 2.17. The van der Waals surface area contributed by atoms with Crippen LogP contribution in [0.4, 0.5) is 32.2 Å². The Balaban J connectivity index is 2.30.